The van der Waals surface area contributed by atoms with Gasteiger partial charge in [0.05, 0.1) is 23.4 Å². The van der Waals surface area contributed by atoms with E-state index in [1.165, 1.54) is 0 Å². The average Bonchev–Trinajstić information content (AvgIpc) is 3.17. The molecule has 2 aliphatic rings. The number of nitrogens with zero attached hydrogens (tertiary/aromatic N) is 3. The minimum absolute atomic E-state index is 0.108. The molecule has 6 nitrogen and oxygen atoms in total. The lowest BCUT2D eigenvalue weighted by atomic mass is 9.72. The van der Waals surface area contributed by atoms with Crippen LogP contribution < -0.4 is 5.73 Å². The molecule has 1 amide bonds. The van der Waals surface area contributed by atoms with Crippen LogP contribution >= 0.6 is 11.6 Å². The van der Waals surface area contributed by atoms with Gasteiger partial charge in [-0.05, 0) is 24.0 Å². The molecule has 1 aliphatic carbocycles. The molecule has 1 spiro atoms. The van der Waals surface area contributed by atoms with Crippen molar-refractivity contribution in [2.45, 2.75) is 43.4 Å². The van der Waals surface area contributed by atoms with Gasteiger partial charge in [0.15, 0.2) is 0 Å². The number of fused-ring (bicyclic) bond motifs is 2. The van der Waals surface area contributed by atoms with E-state index in [0.29, 0.717) is 31.1 Å². The second kappa shape index (κ2) is 6.68. The lowest BCUT2D eigenvalue weighted by Crippen LogP contribution is -2.50. The summed E-state index contributed by atoms with van der Waals surface area (Å²) in [6, 6.07) is 7.69. The minimum Gasteiger partial charge on any atom is -0.390 e. The third kappa shape index (κ3) is 2.82. The molecule has 7 heteroatoms. The van der Waals surface area contributed by atoms with Crippen molar-refractivity contribution < 1.29 is 9.90 Å². The normalized spacial score (nSPS) is 24.0. The predicted molar refractivity (Wildman–Crippen MR) is 98.7 cm³/mol. The SMILES string of the molecule is N[C@H]1c2ccccc2C2(CCN(C(=O)CCn3cc(Cl)cn3)CC2)[C@@H]1O. The topological polar surface area (TPSA) is 84.4 Å². The number of carbonyl (C=O) groups excluding carboxylic acids is 1. The highest BCUT2D eigenvalue weighted by atomic mass is 35.5. The van der Waals surface area contributed by atoms with E-state index in [4.69, 9.17) is 17.3 Å². The van der Waals surface area contributed by atoms with Gasteiger partial charge in [0.1, 0.15) is 0 Å². The second-order valence-electron chi connectivity index (χ2n) is 7.27. The fourth-order valence-electron chi connectivity index (χ4n) is 4.46. The number of benzene rings is 1. The van der Waals surface area contributed by atoms with Gasteiger partial charge in [-0.2, -0.15) is 5.10 Å². The molecule has 1 aromatic carbocycles. The standard InChI is InChI=1S/C19H23ClN4O2/c20-13-11-22-24(12-13)8-5-16(25)23-9-6-19(7-10-23)15-4-2-1-3-14(15)17(21)18(19)26/h1-4,11-12,17-18,26H,5-10,21H2/t17-,18+/m0/s1. The van der Waals surface area contributed by atoms with Gasteiger partial charge in [-0.15, -0.1) is 0 Å². The smallest absolute Gasteiger partial charge is 0.224 e. The predicted octanol–water partition coefficient (Wildman–Crippen LogP) is 1.86. The minimum atomic E-state index is -0.594. The van der Waals surface area contributed by atoms with Crippen LogP contribution in [0, 0.1) is 0 Å². The van der Waals surface area contributed by atoms with Gasteiger partial charge in [-0.1, -0.05) is 35.9 Å². The third-order valence-corrected chi connectivity index (χ3v) is 6.12. The van der Waals surface area contributed by atoms with Crippen LogP contribution in [0.1, 0.15) is 36.4 Å². The quantitative estimate of drug-likeness (QED) is 0.858. The van der Waals surface area contributed by atoms with E-state index in [1.54, 1.807) is 17.1 Å². The molecule has 1 saturated heterocycles. The third-order valence-electron chi connectivity index (χ3n) is 5.93. The highest BCUT2D eigenvalue weighted by Crippen LogP contribution is 2.49. The Labute approximate surface area is 157 Å². The Balaban J connectivity index is 1.42. The van der Waals surface area contributed by atoms with Gasteiger partial charge >= 0.3 is 0 Å². The number of rotatable bonds is 3. The van der Waals surface area contributed by atoms with Crippen LogP contribution in [0.5, 0.6) is 0 Å². The molecule has 0 saturated carbocycles. The van der Waals surface area contributed by atoms with Crippen molar-refractivity contribution in [3.8, 4) is 0 Å². The number of carbonyl (C=O) groups is 1. The van der Waals surface area contributed by atoms with Crippen molar-refractivity contribution in [1.29, 1.82) is 0 Å². The Morgan fingerprint density at radius 1 is 1.35 bits per heavy atom. The van der Waals surface area contributed by atoms with Crippen LogP contribution in [0.15, 0.2) is 36.7 Å². The molecule has 26 heavy (non-hydrogen) atoms. The summed E-state index contributed by atoms with van der Waals surface area (Å²) >= 11 is 5.85. The van der Waals surface area contributed by atoms with Gasteiger partial charge in [0.2, 0.25) is 5.91 Å². The molecular weight excluding hydrogens is 352 g/mol. The molecule has 138 valence electrons. The number of aryl methyl sites for hydroxylation is 1. The van der Waals surface area contributed by atoms with Gasteiger partial charge in [0.25, 0.3) is 0 Å². The van der Waals surface area contributed by atoms with Crippen LogP contribution in [-0.4, -0.2) is 44.9 Å². The summed E-state index contributed by atoms with van der Waals surface area (Å²) in [5, 5.41) is 15.5. The first-order valence-corrected chi connectivity index (χ1v) is 9.38. The number of piperidine rings is 1. The Kier molecular flexibility index (Phi) is 4.50. The average molecular weight is 375 g/mol. The molecule has 2 aromatic rings. The Morgan fingerprint density at radius 2 is 2.08 bits per heavy atom. The van der Waals surface area contributed by atoms with Crippen LogP contribution in [0.4, 0.5) is 0 Å². The number of aromatic nitrogens is 2. The number of hydrogen-bond acceptors (Lipinski definition) is 4. The fraction of sp³-hybridized carbons (Fsp3) is 0.474. The van der Waals surface area contributed by atoms with Gasteiger partial charge in [0, 0.05) is 37.7 Å². The number of likely N-dealkylation sites (tertiary alicyclic amines) is 1. The first-order chi connectivity index (χ1) is 12.5. The molecule has 3 N–H and O–H groups in total. The molecular formula is C19H23ClN4O2. The molecule has 0 bridgehead atoms. The van der Waals surface area contributed by atoms with Crippen molar-refractivity contribution in [2.24, 2.45) is 5.73 Å². The Morgan fingerprint density at radius 3 is 2.77 bits per heavy atom. The van der Waals surface area contributed by atoms with E-state index in [0.717, 1.165) is 24.0 Å². The van der Waals surface area contributed by atoms with E-state index in [1.807, 2.05) is 23.1 Å². The van der Waals surface area contributed by atoms with Crippen molar-refractivity contribution in [1.82, 2.24) is 14.7 Å². The maximum Gasteiger partial charge on any atom is 0.224 e. The van der Waals surface area contributed by atoms with E-state index >= 15 is 0 Å². The number of nitrogens with two attached hydrogens (primary N) is 1. The molecule has 2 atom stereocenters. The van der Waals surface area contributed by atoms with E-state index in [2.05, 4.69) is 11.2 Å². The molecule has 0 radical (unpaired) electrons. The van der Waals surface area contributed by atoms with Gasteiger partial charge in [-0.3, -0.25) is 9.48 Å². The van der Waals surface area contributed by atoms with Crippen molar-refractivity contribution >= 4 is 17.5 Å². The van der Waals surface area contributed by atoms with Crippen LogP contribution in [-0.2, 0) is 16.8 Å². The van der Waals surface area contributed by atoms with E-state index < -0.39 is 6.10 Å². The Bertz CT molecular complexity index is 813. The summed E-state index contributed by atoms with van der Waals surface area (Å²) < 4.78 is 1.68. The molecule has 4 rings (SSSR count). The number of amides is 1. The maximum atomic E-state index is 12.5. The zero-order valence-corrected chi connectivity index (χ0v) is 15.3. The summed E-state index contributed by atoms with van der Waals surface area (Å²) in [6.07, 6.45) is 4.55. The first kappa shape index (κ1) is 17.5. The second-order valence-corrected chi connectivity index (χ2v) is 7.70. The molecule has 0 unspecified atom stereocenters. The highest BCUT2D eigenvalue weighted by Gasteiger charge is 2.51. The van der Waals surface area contributed by atoms with Gasteiger partial charge < -0.3 is 15.7 Å². The zero-order valence-electron chi connectivity index (χ0n) is 14.5. The first-order valence-electron chi connectivity index (χ1n) is 9.00. The number of aliphatic hydroxyl groups is 1. The van der Waals surface area contributed by atoms with Crippen LogP contribution in [0.25, 0.3) is 0 Å². The maximum absolute atomic E-state index is 12.5. The summed E-state index contributed by atoms with van der Waals surface area (Å²) in [5.41, 5.74) is 8.11. The van der Waals surface area contributed by atoms with Crippen molar-refractivity contribution in [3.05, 3.63) is 52.8 Å². The summed E-state index contributed by atoms with van der Waals surface area (Å²) in [7, 11) is 0. The van der Waals surface area contributed by atoms with Crippen LogP contribution in [0.2, 0.25) is 5.02 Å². The van der Waals surface area contributed by atoms with E-state index in [9.17, 15) is 9.90 Å². The Hall–Kier alpha value is -1.89. The number of halogens is 1. The van der Waals surface area contributed by atoms with Crippen LogP contribution in [0.3, 0.4) is 0 Å². The summed E-state index contributed by atoms with van der Waals surface area (Å²) in [6.45, 7) is 1.79. The molecule has 1 aliphatic heterocycles. The van der Waals surface area contributed by atoms with Gasteiger partial charge in [-0.25, -0.2) is 0 Å². The lowest BCUT2D eigenvalue weighted by Gasteiger charge is -2.42. The van der Waals surface area contributed by atoms with Crippen molar-refractivity contribution in [2.75, 3.05) is 13.1 Å². The zero-order chi connectivity index (χ0) is 18.3. The molecule has 2 heterocycles. The largest absolute Gasteiger partial charge is 0.390 e. The number of aliphatic hydroxyl groups excluding tert-OH is 1. The summed E-state index contributed by atoms with van der Waals surface area (Å²) in [4.78, 5) is 14.4. The fourth-order valence-corrected chi connectivity index (χ4v) is 4.62. The lowest BCUT2D eigenvalue weighted by molar-refractivity contribution is -0.133. The van der Waals surface area contributed by atoms with E-state index in [-0.39, 0.29) is 17.4 Å². The molecule has 1 fully saturated rings. The number of hydrogen-bond donors (Lipinski definition) is 2. The highest BCUT2D eigenvalue weighted by molar-refractivity contribution is 6.30. The monoisotopic (exact) mass is 374 g/mol. The van der Waals surface area contributed by atoms with Crippen molar-refractivity contribution in [3.63, 3.8) is 0 Å². The summed E-state index contributed by atoms with van der Waals surface area (Å²) in [5.74, 6) is 0.108. The molecule has 1 aromatic heterocycles.